The Morgan fingerprint density at radius 2 is 1.86 bits per heavy atom. The van der Waals surface area contributed by atoms with E-state index in [4.69, 9.17) is 16.3 Å². The molecule has 2 unspecified atom stereocenters. The molecular weight excluding hydrogens is 386 g/mol. The van der Waals surface area contributed by atoms with Crippen LogP contribution in [0.4, 0.5) is 11.5 Å². The van der Waals surface area contributed by atoms with Gasteiger partial charge < -0.3 is 15.0 Å². The quantitative estimate of drug-likeness (QED) is 0.719. The smallest absolute Gasteiger partial charge is 0.255 e. The summed E-state index contributed by atoms with van der Waals surface area (Å²) in [5.41, 5.74) is 4.75. The van der Waals surface area contributed by atoms with E-state index in [1.54, 1.807) is 6.20 Å². The van der Waals surface area contributed by atoms with Crippen molar-refractivity contribution in [2.45, 2.75) is 32.6 Å². The Hall–Kier alpha value is -2.37. The third kappa shape index (κ3) is 3.89. The van der Waals surface area contributed by atoms with E-state index in [0.717, 1.165) is 28.2 Å². The SMILES string of the molecule is Cc1ccc(Cl)c(Nc2ncc(C(=O)N3CCOCC3)c3c2C(C)C=CC3C)c1. The summed E-state index contributed by atoms with van der Waals surface area (Å²) >= 11 is 6.40. The van der Waals surface area contributed by atoms with Crippen LogP contribution in [0.3, 0.4) is 0 Å². The van der Waals surface area contributed by atoms with Gasteiger partial charge in [0.2, 0.25) is 0 Å². The van der Waals surface area contributed by atoms with Crippen molar-refractivity contribution in [2.75, 3.05) is 31.6 Å². The molecule has 6 heteroatoms. The molecule has 2 aromatic rings. The summed E-state index contributed by atoms with van der Waals surface area (Å²) in [7, 11) is 0. The number of ether oxygens (including phenoxy) is 1. The Balaban J connectivity index is 1.78. The standard InChI is InChI=1S/C23H26ClN3O2/c1-14-4-7-18(24)19(12-14)26-22-21-16(3)6-5-15(2)20(21)17(13-25-22)23(28)27-8-10-29-11-9-27/h4-7,12-13,15-16H,8-11H2,1-3H3,(H,25,26). The lowest BCUT2D eigenvalue weighted by Gasteiger charge is -2.31. The number of allylic oxidation sites excluding steroid dienone is 2. The minimum atomic E-state index is 0.0338. The number of pyridine rings is 1. The maximum atomic E-state index is 13.3. The minimum Gasteiger partial charge on any atom is -0.378 e. The average Bonchev–Trinajstić information content (AvgIpc) is 2.73. The molecule has 1 N–H and O–H groups in total. The van der Waals surface area contributed by atoms with Crippen molar-refractivity contribution in [3.05, 3.63) is 63.8 Å². The van der Waals surface area contributed by atoms with Gasteiger partial charge in [0.15, 0.2) is 0 Å². The molecule has 29 heavy (non-hydrogen) atoms. The van der Waals surface area contributed by atoms with Gasteiger partial charge in [-0.05, 0) is 30.2 Å². The number of rotatable bonds is 3. The topological polar surface area (TPSA) is 54.5 Å². The van der Waals surface area contributed by atoms with Gasteiger partial charge in [0, 0.05) is 36.7 Å². The zero-order valence-electron chi connectivity index (χ0n) is 17.0. The van der Waals surface area contributed by atoms with Gasteiger partial charge in [-0.3, -0.25) is 4.79 Å². The van der Waals surface area contributed by atoms with E-state index < -0.39 is 0 Å². The summed E-state index contributed by atoms with van der Waals surface area (Å²) in [4.78, 5) is 19.8. The molecule has 1 aromatic carbocycles. The number of nitrogens with zero attached hydrogens (tertiary/aromatic N) is 2. The van der Waals surface area contributed by atoms with Gasteiger partial charge >= 0.3 is 0 Å². The second kappa shape index (κ2) is 8.17. The fourth-order valence-corrected chi connectivity index (χ4v) is 4.25. The van der Waals surface area contributed by atoms with Crippen LogP contribution in [0.15, 0.2) is 36.5 Å². The van der Waals surface area contributed by atoms with E-state index in [9.17, 15) is 4.79 Å². The van der Waals surface area contributed by atoms with Crippen LogP contribution in [0.2, 0.25) is 5.02 Å². The monoisotopic (exact) mass is 411 g/mol. The lowest BCUT2D eigenvalue weighted by atomic mass is 9.81. The van der Waals surface area contributed by atoms with E-state index in [2.05, 4.69) is 36.3 Å². The molecule has 0 radical (unpaired) electrons. The third-order valence-electron chi connectivity index (χ3n) is 5.66. The molecule has 5 nitrogen and oxygen atoms in total. The van der Waals surface area contributed by atoms with Gasteiger partial charge in [-0.1, -0.05) is 43.7 Å². The number of morpholine rings is 1. The van der Waals surface area contributed by atoms with Crippen molar-refractivity contribution in [3.63, 3.8) is 0 Å². The molecule has 1 aliphatic carbocycles. The fourth-order valence-electron chi connectivity index (χ4n) is 4.09. The second-order valence-electron chi connectivity index (χ2n) is 7.82. The van der Waals surface area contributed by atoms with Crippen LogP contribution >= 0.6 is 11.6 Å². The van der Waals surface area contributed by atoms with Crippen LogP contribution in [-0.4, -0.2) is 42.1 Å². The highest BCUT2D eigenvalue weighted by Gasteiger charge is 2.30. The van der Waals surface area contributed by atoms with Gasteiger partial charge in [0.1, 0.15) is 5.82 Å². The molecule has 2 heterocycles. The molecule has 152 valence electrons. The number of aromatic nitrogens is 1. The van der Waals surface area contributed by atoms with Crippen molar-refractivity contribution < 1.29 is 9.53 Å². The van der Waals surface area contributed by atoms with Gasteiger partial charge in [0.05, 0.1) is 29.5 Å². The highest BCUT2D eigenvalue weighted by molar-refractivity contribution is 6.33. The summed E-state index contributed by atoms with van der Waals surface area (Å²) < 4.78 is 5.40. The number of hydrogen-bond acceptors (Lipinski definition) is 4. The first-order valence-corrected chi connectivity index (χ1v) is 10.4. The number of anilines is 2. The fraction of sp³-hybridized carbons (Fsp3) is 0.391. The minimum absolute atomic E-state index is 0.0338. The number of carbonyl (C=O) groups is 1. The lowest BCUT2D eigenvalue weighted by molar-refractivity contribution is 0.0301. The number of carbonyl (C=O) groups excluding carboxylic acids is 1. The molecule has 0 bridgehead atoms. The van der Waals surface area contributed by atoms with Crippen LogP contribution in [0.1, 0.15) is 52.7 Å². The lowest BCUT2D eigenvalue weighted by Crippen LogP contribution is -2.41. The number of amides is 1. The molecule has 1 amide bonds. The van der Waals surface area contributed by atoms with Gasteiger partial charge in [-0.25, -0.2) is 4.98 Å². The summed E-state index contributed by atoms with van der Waals surface area (Å²) in [5.74, 6) is 1.08. The first-order valence-electron chi connectivity index (χ1n) is 10.1. The summed E-state index contributed by atoms with van der Waals surface area (Å²) in [5, 5.41) is 4.06. The zero-order chi connectivity index (χ0) is 20.5. The normalized spacial score (nSPS) is 21.0. The number of halogens is 1. The second-order valence-corrected chi connectivity index (χ2v) is 8.23. The zero-order valence-corrected chi connectivity index (χ0v) is 17.8. The molecule has 1 aromatic heterocycles. The van der Waals surface area contributed by atoms with Crippen molar-refractivity contribution >= 4 is 29.0 Å². The van der Waals surface area contributed by atoms with Gasteiger partial charge in [-0.15, -0.1) is 0 Å². The van der Waals surface area contributed by atoms with Gasteiger partial charge in [0.25, 0.3) is 5.91 Å². The van der Waals surface area contributed by atoms with Crippen molar-refractivity contribution in [1.82, 2.24) is 9.88 Å². The Bertz CT molecular complexity index is 967. The molecule has 1 aliphatic heterocycles. The first-order chi connectivity index (χ1) is 14.0. The molecule has 0 spiro atoms. The van der Waals surface area contributed by atoms with Crippen LogP contribution in [0.25, 0.3) is 0 Å². The molecule has 1 saturated heterocycles. The highest BCUT2D eigenvalue weighted by atomic mass is 35.5. The molecule has 0 saturated carbocycles. The van der Waals surface area contributed by atoms with Crippen LogP contribution < -0.4 is 5.32 Å². The predicted octanol–water partition coefficient (Wildman–Crippen LogP) is 5.04. The van der Waals surface area contributed by atoms with E-state index in [0.29, 0.717) is 36.9 Å². The van der Waals surface area contributed by atoms with E-state index >= 15 is 0 Å². The highest BCUT2D eigenvalue weighted by Crippen LogP contribution is 2.41. The predicted molar refractivity (Wildman–Crippen MR) is 116 cm³/mol. The van der Waals surface area contributed by atoms with Crippen LogP contribution in [0, 0.1) is 6.92 Å². The molecular formula is C23H26ClN3O2. The average molecular weight is 412 g/mol. The van der Waals surface area contributed by atoms with Crippen molar-refractivity contribution in [3.8, 4) is 0 Å². The Morgan fingerprint density at radius 3 is 2.59 bits per heavy atom. The first kappa shape index (κ1) is 19.9. The molecule has 2 aliphatic rings. The number of fused-ring (bicyclic) bond motifs is 1. The molecule has 1 fully saturated rings. The van der Waals surface area contributed by atoms with Crippen molar-refractivity contribution in [1.29, 1.82) is 0 Å². The molecule has 2 atom stereocenters. The number of benzene rings is 1. The summed E-state index contributed by atoms with van der Waals surface area (Å²) in [6.45, 7) is 8.69. The largest absolute Gasteiger partial charge is 0.378 e. The summed E-state index contributed by atoms with van der Waals surface area (Å²) in [6.07, 6.45) is 6.07. The Morgan fingerprint density at radius 1 is 1.17 bits per heavy atom. The molecule has 4 rings (SSSR count). The van der Waals surface area contributed by atoms with E-state index in [-0.39, 0.29) is 17.7 Å². The van der Waals surface area contributed by atoms with E-state index in [1.165, 1.54) is 0 Å². The number of aryl methyl sites for hydroxylation is 1. The Kier molecular flexibility index (Phi) is 5.61. The third-order valence-corrected chi connectivity index (χ3v) is 5.99. The van der Waals surface area contributed by atoms with Crippen LogP contribution in [-0.2, 0) is 4.74 Å². The van der Waals surface area contributed by atoms with Gasteiger partial charge in [-0.2, -0.15) is 0 Å². The summed E-state index contributed by atoms with van der Waals surface area (Å²) in [6, 6.07) is 5.87. The van der Waals surface area contributed by atoms with Crippen LogP contribution in [0.5, 0.6) is 0 Å². The van der Waals surface area contributed by atoms with Crippen molar-refractivity contribution in [2.24, 2.45) is 0 Å². The Labute approximate surface area is 176 Å². The van der Waals surface area contributed by atoms with E-state index in [1.807, 2.05) is 30.0 Å². The number of nitrogens with one attached hydrogen (secondary N) is 1. The number of hydrogen-bond donors (Lipinski definition) is 1. The maximum absolute atomic E-state index is 13.3. The maximum Gasteiger partial charge on any atom is 0.255 e.